The van der Waals surface area contributed by atoms with E-state index in [0.717, 1.165) is 41.4 Å². The highest BCUT2D eigenvalue weighted by Crippen LogP contribution is 2.29. The predicted octanol–water partition coefficient (Wildman–Crippen LogP) is 3.06. The summed E-state index contributed by atoms with van der Waals surface area (Å²) in [5.41, 5.74) is 4.17. The second-order valence-corrected chi connectivity index (χ2v) is 6.46. The molecule has 0 bridgehead atoms. The maximum atomic E-state index is 6.07. The molecule has 2 aromatic carbocycles. The van der Waals surface area contributed by atoms with E-state index in [1.165, 1.54) is 0 Å². The highest BCUT2D eigenvalue weighted by Gasteiger charge is 2.37. The van der Waals surface area contributed by atoms with E-state index in [2.05, 4.69) is 0 Å². The molecule has 1 aliphatic heterocycles. The standard InChI is InChI=1S/C19H19ClN3O2/c1-24-15-11-17-19(13-7-9-14(20)10-8-13)23(21-22(17)12-15)16-5-3-4-6-18(16)25-2/h3-10,15H,11-12H2,1-2H3/q+1/t15-/m1/s1. The first-order valence-corrected chi connectivity index (χ1v) is 8.53. The highest BCUT2D eigenvalue weighted by atomic mass is 35.5. The van der Waals surface area contributed by atoms with Crippen LogP contribution in [0.2, 0.25) is 5.02 Å². The lowest BCUT2D eigenvalue weighted by atomic mass is 10.1. The Morgan fingerprint density at radius 1 is 1.12 bits per heavy atom. The molecular weight excluding hydrogens is 338 g/mol. The Kier molecular flexibility index (Phi) is 4.19. The van der Waals surface area contributed by atoms with Crippen LogP contribution in [-0.2, 0) is 17.7 Å². The van der Waals surface area contributed by atoms with Crippen LogP contribution in [0.25, 0.3) is 16.9 Å². The molecule has 1 atom stereocenters. The van der Waals surface area contributed by atoms with Crippen molar-refractivity contribution < 1.29 is 14.2 Å². The van der Waals surface area contributed by atoms with Gasteiger partial charge in [-0.25, -0.2) is 0 Å². The topological polar surface area (TPSA) is 40.2 Å². The first kappa shape index (κ1) is 16.1. The normalized spacial score (nSPS) is 16.0. The van der Waals surface area contributed by atoms with Crippen LogP contribution in [0.15, 0.2) is 48.5 Å². The Bertz CT molecular complexity index is 906. The van der Waals surface area contributed by atoms with Crippen LogP contribution in [0.1, 0.15) is 5.69 Å². The van der Waals surface area contributed by atoms with Gasteiger partial charge in [0.25, 0.3) is 0 Å². The average Bonchev–Trinajstić information content (AvgIpc) is 3.20. The van der Waals surface area contributed by atoms with Crippen LogP contribution < -0.4 is 9.42 Å². The van der Waals surface area contributed by atoms with E-state index in [9.17, 15) is 0 Å². The second kappa shape index (κ2) is 6.50. The number of halogens is 1. The summed E-state index contributed by atoms with van der Waals surface area (Å²) in [5, 5.41) is 5.52. The zero-order valence-corrected chi connectivity index (χ0v) is 14.9. The molecule has 1 aromatic heterocycles. The van der Waals surface area contributed by atoms with Crippen molar-refractivity contribution in [1.29, 1.82) is 0 Å². The van der Waals surface area contributed by atoms with Crippen molar-refractivity contribution >= 4 is 11.6 Å². The van der Waals surface area contributed by atoms with Crippen LogP contribution in [0.5, 0.6) is 5.75 Å². The molecular formula is C19H19ClN3O2+. The van der Waals surface area contributed by atoms with E-state index in [-0.39, 0.29) is 6.10 Å². The van der Waals surface area contributed by atoms with Crippen molar-refractivity contribution in [2.24, 2.45) is 0 Å². The summed E-state index contributed by atoms with van der Waals surface area (Å²) in [7, 11) is 3.42. The molecule has 0 aliphatic carbocycles. The van der Waals surface area contributed by atoms with Gasteiger partial charge in [0.2, 0.25) is 5.69 Å². The maximum absolute atomic E-state index is 6.07. The van der Waals surface area contributed by atoms with Crippen LogP contribution in [-0.4, -0.2) is 30.2 Å². The van der Waals surface area contributed by atoms with Crippen LogP contribution in [0, 0.1) is 0 Å². The molecule has 0 saturated heterocycles. The third kappa shape index (κ3) is 2.79. The smallest absolute Gasteiger partial charge is 0.207 e. The highest BCUT2D eigenvalue weighted by molar-refractivity contribution is 6.30. The number of nitrogens with zero attached hydrogens (tertiary/aromatic N) is 3. The van der Waals surface area contributed by atoms with Crippen molar-refractivity contribution in [1.82, 2.24) is 9.90 Å². The Balaban J connectivity index is 1.92. The van der Waals surface area contributed by atoms with Crippen molar-refractivity contribution in [3.05, 3.63) is 59.2 Å². The number of ether oxygens (including phenoxy) is 2. The summed E-state index contributed by atoms with van der Waals surface area (Å²) in [6, 6.07) is 15.7. The van der Waals surface area contributed by atoms with E-state index in [4.69, 9.17) is 26.3 Å². The fourth-order valence-electron chi connectivity index (χ4n) is 3.30. The SMILES string of the molecule is COc1ccccc1-[n+]1nn2c(c1-c1ccc(Cl)cc1)C[C@@H](OC)C2. The van der Waals surface area contributed by atoms with E-state index < -0.39 is 0 Å². The van der Waals surface area contributed by atoms with Crippen molar-refractivity contribution in [3.8, 4) is 22.7 Å². The van der Waals surface area contributed by atoms with E-state index in [1.807, 2.05) is 57.9 Å². The molecule has 0 spiro atoms. The minimum atomic E-state index is 0.154. The summed E-state index contributed by atoms with van der Waals surface area (Å²) in [6.45, 7) is 0.745. The summed E-state index contributed by atoms with van der Waals surface area (Å²) in [6.07, 6.45) is 0.977. The molecule has 0 fully saturated rings. The van der Waals surface area contributed by atoms with Gasteiger partial charge in [-0.1, -0.05) is 28.4 Å². The quantitative estimate of drug-likeness (QED) is 0.674. The van der Waals surface area contributed by atoms with Gasteiger partial charge in [0.1, 0.15) is 12.6 Å². The molecule has 0 N–H and O–H groups in total. The lowest BCUT2D eigenvalue weighted by molar-refractivity contribution is -0.651. The molecule has 0 unspecified atom stereocenters. The molecule has 1 aliphatic rings. The number of rotatable bonds is 4. The maximum Gasteiger partial charge on any atom is 0.207 e. The fourth-order valence-corrected chi connectivity index (χ4v) is 3.43. The number of para-hydroxylation sites is 2. The second-order valence-electron chi connectivity index (χ2n) is 6.02. The zero-order valence-electron chi connectivity index (χ0n) is 14.1. The third-order valence-corrected chi connectivity index (χ3v) is 4.81. The minimum Gasteiger partial charge on any atom is -0.492 e. The summed E-state index contributed by atoms with van der Waals surface area (Å²) in [4.78, 5) is 0. The lowest BCUT2D eigenvalue weighted by Crippen LogP contribution is -2.37. The number of hydrogen-bond donors (Lipinski definition) is 0. The molecule has 4 rings (SSSR count). The zero-order chi connectivity index (χ0) is 17.4. The fraction of sp³-hybridized carbons (Fsp3) is 0.263. The van der Waals surface area contributed by atoms with Gasteiger partial charge in [-0.2, -0.15) is 0 Å². The molecule has 5 nitrogen and oxygen atoms in total. The van der Waals surface area contributed by atoms with Crippen LogP contribution >= 0.6 is 11.6 Å². The molecule has 0 saturated carbocycles. The molecule has 3 aromatic rings. The number of benzene rings is 2. The molecule has 128 valence electrons. The summed E-state index contributed by atoms with van der Waals surface area (Å²) < 4.78 is 15.0. The van der Waals surface area contributed by atoms with Gasteiger partial charge < -0.3 is 9.47 Å². The monoisotopic (exact) mass is 356 g/mol. The first-order chi connectivity index (χ1) is 12.2. The van der Waals surface area contributed by atoms with E-state index in [0.29, 0.717) is 5.02 Å². The predicted molar refractivity (Wildman–Crippen MR) is 95.3 cm³/mol. The van der Waals surface area contributed by atoms with Crippen LogP contribution in [0.4, 0.5) is 0 Å². The van der Waals surface area contributed by atoms with Gasteiger partial charge in [-0.15, -0.1) is 4.68 Å². The Morgan fingerprint density at radius 3 is 2.60 bits per heavy atom. The average molecular weight is 357 g/mol. The van der Waals surface area contributed by atoms with Gasteiger partial charge in [-0.05, 0) is 36.4 Å². The Labute approximate surface area is 151 Å². The lowest BCUT2D eigenvalue weighted by Gasteiger charge is -2.07. The Morgan fingerprint density at radius 2 is 1.88 bits per heavy atom. The molecule has 6 heteroatoms. The van der Waals surface area contributed by atoms with Crippen molar-refractivity contribution in [2.45, 2.75) is 19.1 Å². The van der Waals surface area contributed by atoms with Crippen molar-refractivity contribution in [3.63, 3.8) is 0 Å². The Hall–Kier alpha value is -2.37. The molecule has 0 amide bonds. The number of fused-ring (bicyclic) bond motifs is 1. The van der Waals surface area contributed by atoms with Gasteiger partial charge in [0, 0.05) is 24.1 Å². The summed E-state index contributed by atoms with van der Waals surface area (Å²) in [5.74, 6) is 0.780. The largest absolute Gasteiger partial charge is 0.492 e. The van der Waals surface area contributed by atoms with E-state index >= 15 is 0 Å². The van der Waals surface area contributed by atoms with Gasteiger partial charge in [0.15, 0.2) is 17.1 Å². The molecule has 25 heavy (non-hydrogen) atoms. The van der Waals surface area contributed by atoms with Gasteiger partial charge in [0.05, 0.1) is 12.3 Å². The van der Waals surface area contributed by atoms with Gasteiger partial charge >= 0.3 is 0 Å². The van der Waals surface area contributed by atoms with Crippen LogP contribution in [0.3, 0.4) is 0 Å². The van der Waals surface area contributed by atoms with Gasteiger partial charge in [-0.3, -0.25) is 0 Å². The first-order valence-electron chi connectivity index (χ1n) is 8.15. The molecule has 0 radical (unpaired) electrons. The summed E-state index contributed by atoms with van der Waals surface area (Å²) >= 11 is 6.07. The van der Waals surface area contributed by atoms with E-state index in [1.54, 1.807) is 14.2 Å². The van der Waals surface area contributed by atoms with Crippen molar-refractivity contribution in [2.75, 3.05) is 14.2 Å². The minimum absolute atomic E-state index is 0.154. The molecule has 2 heterocycles. The number of methoxy groups -OCH3 is 2. The third-order valence-electron chi connectivity index (χ3n) is 4.56. The number of hydrogen-bond acceptors (Lipinski definition) is 3. The number of aromatic nitrogens is 3.